The Labute approximate surface area is 121 Å². The molecule has 19 heavy (non-hydrogen) atoms. The highest BCUT2D eigenvalue weighted by Crippen LogP contribution is 2.12. The number of nitrogens with zero attached hydrogens (tertiary/aromatic N) is 2. The summed E-state index contributed by atoms with van der Waals surface area (Å²) in [6.45, 7) is 4.86. The van der Waals surface area contributed by atoms with Gasteiger partial charge in [-0.3, -0.25) is 14.6 Å². The van der Waals surface area contributed by atoms with Crippen LogP contribution in [0, 0.1) is 0 Å². The quantitative estimate of drug-likeness (QED) is 0.751. The minimum absolute atomic E-state index is 0.138. The first-order valence-electron chi connectivity index (χ1n) is 6.13. The Morgan fingerprint density at radius 1 is 1.37 bits per heavy atom. The second-order valence-electron chi connectivity index (χ2n) is 3.83. The first kappa shape index (κ1) is 15.6. The van der Waals surface area contributed by atoms with Crippen LogP contribution in [0.2, 0.25) is 0 Å². The molecule has 0 fully saturated rings. The van der Waals surface area contributed by atoms with E-state index in [2.05, 4.69) is 20.9 Å². The van der Waals surface area contributed by atoms with Gasteiger partial charge in [0.2, 0.25) is 0 Å². The van der Waals surface area contributed by atoms with Gasteiger partial charge in [0.25, 0.3) is 5.91 Å². The second-order valence-corrected chi connectivity index (χ2v) is 4.75. The van der Waals surface area contributed by atoms with Gasteiger partial charge in [-0.15, -0.1) is 0 Å². The zero-order valence-corrected chi connectivity index (χ0v) is 12.6. The average Bonchev–Trinajstić information content (AvgIpc) is 2.39. The molecule has 1 rings (SSSR count). The van der Waals surface area contributed by atoms with Crippen molar-refractivity contribution in [1.82, 2.24) is 9.88 Å². The van der Waals surface area contributed by atoms with Crippen molar-refractivity contribution >= 4 is 27.8 Å². The third kappa shape index (κ3) is 4.98. The topological polar surface area (TPSA) is 59.5 Å². The van der Waals surface area contributed by atoms with Crippen LogP contribution in [-0.4, -0.2) is 41.5 Å². The third-order valence-corrected chi connectivity index (χ3v) is 2.95. The van der Waals surface area contributed by atoms with Crippen LogP contribution < -0.4 is 0 Å². The van der Waals surface area contributed by atoms with Crippen LogP contribution in [0.15, 0.2) is 22.9 Å². The smallest absolute Gasteiger partial charge is 0.307 e. The summed E-state index contributed by atoms with van der Waals surface area (Å²) in [4.78, 5) is 29.1. The van der Waals surface area contributed by atoms with E-state index in [9.17, 15) is 9.59 Å². The average molecular weight is 329 g/mol. The van der Waals surface area contributed by atoms with Crippen LogP contribution >= 0.6 is 15.9 Å². The van der Waals surface area contributed by atoms with Crippen molar-refractivity contribution in [2.45, 2.75) is 20.3 Å². The fraction of sp³-hybridized carbons (Fsp3) is 0.462. The van der Waals surface area contributed by atoms with E-state index >= 15 is 0 Å². The van der Waals surface area contributed by atoms with Gasteiger partial charge in [0.05, 0.1) is 18.6 Å². The molecule has 1 aromatic rings. The molecule has 6 heteroatoms. The first-order chi connectivity index (χ1) is 9.08. The van der Waals surface area contributed by atoms with E-state index in [1.807, 2.05) is 6.92 Å². The van der Waals surface area contributed by atoms with Crippen molar-refractivity contribution in [3.05, 3.63) is 28.5 Å². The molecule has 104 valence electrons. The van der Waals surface area contributed by atoms with E-state index in [4.69, 9.17) is 4.74 Å². The number of carbonyl (C=O) groups excluding carboxylic acids is 2. The largest absolute Gasteiger partial charge is 0.466 e. The van der Waals surface area contributed by atoms with E-state index in [-0.39, 0.29) is 18.3 Å². The maximum atomic E-state index is 12.2. The van der Waals surface area contributed by atoms with E-state index in [1.165, 1.54) is 6.20 Å². The number of halogens is 1. The van der Waals surface area contributed by atoms with E-state index in [1.54, 1.807) is 24.1 Å². The SMILES string of the molecule is CCOC(=O)CCN(CC)C(=O)c1cncc(Br)c1. The lowest BCUT2D eigenvalue weighted by atomic mass is 10.2. The van der Waals surface area contributed by atoms with E-state index in [0.29, 0.717) is 25.3 Å². The predicted octanol–water partition coefficient (Wildman–Crippen LogP) is 2.26. The highest BCUT2D eigenvalue weighted by atomic mass is 79.9. The second kappa shape index (κ2) is 7.89. The summed E-state index contributed by atoms with van der Waals surface area (Å²) in [6.07, 6.45) is 3.33. The number of hydrogen-bond donors (Lipinski definition) is 0. The number of rotatable bonds is 6. The Kier molecular flexibility index (Phi) is 6.49. The minimum atomic E-state index is -0.291. The van der Waals surface area contributed by atoms with Crippen LogP contribution in [-0.2, 0) is 9.53 Å². The molecule has 0 saturated carbocycles. The van der Waals surface area contributed by atoms with Crippen molar-refractivity contribution in [1.29, 1.82) is 0 Å². The molecule has 0 radical (unpaired) electrons. The summed E-state index contributed by atoms with van der Waals surface area (Å²) in [5.74, 6) is -0.429. The maximum Gasteiger partial charge on any atom is 0.307 e. The zero-order valence-electron chi connectivity index (χ0n) is 11.1. The van der Waals surface area contributed by atoms with Crippen molar-refractivity contribution in [3.8, 4) is 0 Å². The Bertz CT molecular complexity index is 451. The maximum absolute atomic E-state index is 12.2. The molecule has 1 aromatic heterocycles. The lowest BCUT2D eigenvalue weighted by molar-refractivity contribution is -0.143. The monoisotopic (exact) mass is 328 g/mol. The summed E-state index contributed by atoms with van der Waals surface area (Å²) in [6, 6.07) is 1.71. The number of amides is 1. The molecule has 0 aliphatic carbocycles. The molecule has 0 unspecified atom stereocenters. The van der Waals surface area contributed by atoms with Gasteiger partial charge >= 0.3 is 5.97 Å². The first-order valence-corrected chi connectivity index (χ1v) is 6.93. The lowest BCUT2D eigenvalue weighted by Crippen LogP contribution is -2.33. The summed E-state index contributed by atoms with van der Waals surface area (Å²) in [5, 5.41) is 0. The Morgan fingerprint density at radius 3 is 2.68 bits per heavy atom. The minimum Gasteiger partial charge on any atom is -0.466 e. The van der Waals surface area contributed by atoms with Crippen LogP contribution in [0.1, 0.15) is 30.6 Å². The number of hydrogen-bond acceptors (Lipinski definition) is 4. The third-order valence-electron chi connectivity index (χ3n) is 2.51. The lowest BCUT2D eigenvalue weighted by Gasteiger charge is -2.20. The van der Waals surface area contributed by atoms with Gasteiger partial charge in [0.1, 0.15) is 0 Å². The van der Waals surface area contributed by atoms with E-state index in [0.717, 1.165) is 4.47 Å². The number of carbonyl (C=O) groups is 2. The summed E-state index contributed by atoms with van der Waals surface area (Å²) >= 11 is 3.28. The fourth-order valence-electron chi connectivity index (χ4n) is 1.57. The molecular weight excluding hydrogens is 312 g/mol. The predicted molar refractivity (Wildman–Crippen MR) is 74.8 cm³/mol. The van der Waals surface area contributed by atoms with Gasteiger partial charge in [-0.05, 0) is 35.8 Å². The highest BCUT2D eigenvalue weighted by molar-refractivity contribution is 9.10. The molecule has 0 spiro atoms. The van der Waals surface area contributed by atoms with Gasteiger partial charge in [-0.2, -0.15) is 0 Å². The van der Waals surface area contributed by atoms with Gasteiger partial charge in [0, 0.05) is 30.0 Å². The molecular formula is C13H17BrN2O3. The van der Waals surface area contributed by atoms with Gasteiger partial charge < -0.3 is 9.64 Å². The summed E-state index contributed by atoms with van der Waals surface area (Å²) in [7, 11) is 0. The molecule has 0 saturated heterocycles. The Balaban J connectivity index is 2.64. The van der Waals surface area contributed by atoms with Crippen LogP contribution in [0.25, 0.3) is 0 Å². The molecule has 0 atom stereocenters. The molecule has 5 nitrogen and oxygen atoms in total. The molecule has 0 aliphatic heterocycles. The van der Waals surface area contributed by atoms with Gasteiger partial charge in [-0.1, -0.05) is 0 Å². The molecule has 0 N–H and O–H groups in total. The Morgan fingerprint density at radius 2 is 2.11 bits per heavy atom. The number of pyridine rings is 1. The molecule has 0 aliphatic rings. The molecule has 0 aromatic carbocycles. The van der Waals surface area contributed by atoms with E-state index < -0.39 is 0 Å². The number of ether oxygens (including phenoxy) is 1. The van der Waals surface area contributed by atoms with Crippen molar-refractivity contribution < 1.29 is 14.3 Å². The summed E-state index contributed by atoms with van der Waals surface area (Å²) in [5.41, 5.74) is 0.500. The highest BCUT2D eigenvalue weighted by Gasteiger charge is 2.16. The molecule has 0 bridgehead atoms. The van der Waals surface area contributed by atoms with Crippen molar-refractivity contribution in [2.75, 3.05) is 19.7 Å². The Hall–Kier alpha value is -1.43. The van der Waals surface area contributed by atoms with Gasteiger partial charge in [0.15, 0.2) is 0 Å². The van der Waals surface area contributed by atoms with Crippen molar-refractivity contribution in [3.63, 3.8) is 0 Å². The normalized spacial score (nSPS) is 10.1. The number of aromatic nitrogens is 1. The summed E-state index contributed by atoms with van der Waals surface area (Å²) < 4.78 is 5.59. The van der Waals surface area contributed by atoms with Crippen LogP contribution in [0.5, 0.6) is 0 Å². The molecule has 1 heterocycles. The molecule has 1 amide bonds. The standard InChI is InChI=1S/C13H17BrN2O3/c1-3-16(6-5-12(17)19-4-2)13(18)10-7-11(14)9-15-8-10/h7-9H,3-6H2,1-2H3. The fourth-order valence-corrected chi connectivity index (χ4v) is 1.94. The zero-order chi connectivity index (χ0) is 14.3. The van der Waals surface area contributed by atoms with Crippen LogP contribution in [0.4, 0.5) is 0 Å². The van der Waals surface area contributed by atoms with Crippen LogP contribution in [0.3, 0.4) is 0 Å². The van der Waals surface area contributed by atoms with Gasteiger partial charge in [-0.25, -0.2) is 0 Å². The van der Waals surface area contributed by atoms with Crippen molar-refractivity contribution in [2.24, 2.45) is 0 Å². The number of esters is 1.